The molecule has 0 unspecified atom stereocenters. The van der Waals surface area contributed by atoms with Gasteiger partial charge in [0.15, 0.2) is 5.78 Å². The van der Waals surface area contributed by atoms with E-state index in [-0.39, 0.29) is 11.3 Å². The molecular weight excluding hydrogens is 229 g/mol. The van der Waals surface area contributed by atoms with Crippen LogP contribution in [0.25, 0.3) is 0 Å². The normalized spacial score (nSPS) is 16.9. The van der Waals surface area contributed by atoms with Crippen molar-refractivity contribution in [3.63, 3.8) is 0 Å². The van der Waals surface area contributed by atoms with E-state index in [1.165, 1.54) is 19.4 Å². The van der Waals surface area contributed by atoms with Crippen LogP contribution in [0.2, 0.25) is 0 Å². The fourth-order valence-corrected chi connectivity index (χ4v) is 2.71. The number of carbonyl (C=O) groups excluding carboxylic acids is 1. The van der Waals surface area contributed by atoms with Gasteiger partial charge >= 0.3 is 0 Å². The quantitative estimate of drug-likeness (QED) is 0.762. The zero-order valence-electron chi connectivity index (χ0n) is 11.1. The molecule has 0 spiro atoms. The van der Waals surface area contributed by atoms with E-state index in [0.29, 0.717) is 0 Å². The number of Topliss-reactive ketones (excluding diaryl/α,β-unsaturated/α-hetero) is 1. The smallest absolute Gasteiger partial charge is 0.164 e. The Labute approximate surface area is 108 Å². The summed E-state index contributed by atoms with van der Waals surface area (Å²) in [7, 11) is 0. The maximum Gasteiger partial charge on any atom is 0.164 e. The topological polar surface area (TPSA) is 20.3 Å². The monoisotopic (exact) mass is 249 g/mol. The second-order valence-corrected chi connectivity index (χ2v) is 5.03. The summed E-state index contributed by atoms with van der Waals surface area (Å²) in [6.07, 6.45) is 3.46. The molecule has 0 atom stereocenters. The number of hydrogen-bond acceptors (Lipinski definition) is 2. The van der Waals surface area contributed by atoms with Crippen molar-refractivity contribution >= 4 is 11.5 Å². The van der Waals surface area contributed by atoms with Crippen LogP contribution in [0.3, 0.4) is 0 Å². The fourth-order valence-electron chi connectivity index (χ4n) is 2.71. The molecule has 1 saturated heterocycles. The number of piperidine rings is 1. The molecular formula is C15H20FNO. The summed E-state index contributed by atoms with van der Waals surface area (Å²) < 4.78 is 13.8. The first-order valence-electron chi connectivity index (χ1n) is 6.68. The van der Waals surface area contributed by atoms with Crippen molar-refractivity contribution < 1.29 is 9.18 Å². The van der Waals surface area contributed by atoms with Gasteiger partial charge in [-0.15, -0.1) is 0 Å². The lowest BCUT2D eigenvalue weighted by molar-refractivity contribution is 0.101. The van der Waals surface area contributed by atoms with Crippen LogP contribution in [0.4, 0.5) is 10.1 Å². The van der Waals surface area contributed by atoms with Crippen LogP contribution < -0.4 is 4.90 Å². The van der Waals surface area contributed by atoms with E-state index in [0.717, 1.165) is 37.5 Å². The van der Waals surface area contributed by atoms with E-state index in [1.54, 1.807) is 6.07 Å². The largest absolute Gasteiger partial charge is 0.371 e. The highest BCUT2D eigenvalue weighted by atomic mass is 19.1. The third-order valence-corrected chi connectivity index (χ3v) is 3.88. The van der Waals surface area contributed by atoms with Crippen LogP contribution in [0.5, 0.6) is 0 Å². The van der Waals surface area contributed by atoms with Gasteiger partial charge in [0.1, 0.15) is 5.82 Å². The zero-order chi connectivity index (χ0) is 13.1. The van der Waals surface area contributed by atoms with E-state index >= 15 is 0 Å². The van der Waals surface area contributed by atoms with Crippen molar-refractivity contribution in [3.05, 3.63) is 29.6 Å². The van der Waals surface area contributed by atoms with Crippen molar-refractivity contribution in [3.8, 4) is 0 Å². The minimum absolute atomic E-state index is 0.194. The van der Waals surface area contributed by atoms with Crippen LogP contribution in [-0.2, 0) is 0 Å². The Hall–Kier alpha value is -1.38. The molecule has 0 bridgehead atoms. The van der Waals surface area contributed by atoms with Gasteiger partial charge in [0.2, 0.25) is 0 Å². The van der Waals surface area contributed by atoms with Gasteiger partial charge in [-0.2, -0.15) is 0 Å². The Bertz CT molecular complexity index is 436. The average molecular weight is 249 g/mol. The summed E-state index contributed by atoms with van der Waals surface area (Å²) in [4.78, 5) is 13.7. The third kappa shape index (κ3) is 2.55. The van der Waals surface area contributed by atoms with Crippen LogP contribution in [0, 0.1) is 11.7 Å². The molecule has 0 aromatic heterocycles. The Balaban J connectivity index is 2.24. The van der Waals surface area contributed by atoms with Gasteiger partial charge in [-0.05, 0) is 37.8 Å². The molecule has 2 nitrogen and oxygen atoms in total. The number of hydrogen-bond donors (Lipinski definition) is 0. The van der Waals surface area contributed by atoms with E-state index in [4.69, 9.17) is 0 Å². The summed E-state index contributed by atoms with van der Waals surface area (Å²) in [6.45, 7) is 5.48. The molecule has 18 heavy (non-hydrogen) atoms. The molecule has 0 saturated carbocycles. The Morgan fingerprint density at radius 2 is 2.06 bits per heavy atom. The standard InChI is InChI=1S/C15H20FNO/c1-3-12-7-9-17(10-8-12)14-6-4-5-13(16)15(14)11(2)18/h4-6,12H,3,7-10H2,1-2H3. The number of benzene rings is 1. The molecule has 1 heterocycles. The van der Waals surface area contributed by atoms with Gasteiger partial charge in [0.25, 0.3) is 0 Å². The number of ketones is 1. The average Bonchev–Trinajstić information content (AvgIpc) is 2.38. The van der Waals surface area contributed by atoms with Crippen molar-refractivity contribution in [1.29, 1.82) is 0 Å². The molecule has 0 aliphatic carbocycles. The second-order valence-electron chi connectivity index (χ2n) is 5.03. The summed E-state index contributed by atoms with van der Waals surface area (Å²) in [5.41, 5.74) is 1.00. The van der Waals surface area contributed by atoms with Crippen LogP contribution in [0.15, 0.2) is 18.2 Å². The highest BCUT2D eigenvalue weighted by Crippen LogP contribution is 2.29. The predicted molar refractivity (Wildman–Crippen MR) is 71.6 cm³/mol. The van der Waals surface area contributed by atoms with Crippen molar-refractivity contribution in [2.75, 3.05) is 18.0 Å². The molecule has 3 heteroatoms. The molecule has 1 aliphatic rings. The second kappa shape index (κ2) is 5.51. The van der Waals surface area contributed by atoms with Gasteiger partial charge in [-0.3, -0.25) is 4.79 Å². The molecule has 1 aliphatic heterocycles. The number of nitrogens with zero attached hydrogens (tertiary/aromatic N) is 1. The lowest BCUT2D eigenvalue weighted by atomic mass is 9.93. The van der Waals surface area contributed by atoms with Crippen molar-refractivity contribution in [2.45, 2.75) is 33.1 Å². The summed E-state index contributed by atoms with van der Waals surface area (Å²) in [5.74, 6) is 0.175. The minimum Gasteiger partial charge on any atom is -0.371 e. The van der Waals surface area contributed by atoms with Gasteiger partial charge in [-0.1, -0.05) is 19.4 Å². The molecule has 1 fully saturated rings. The van der Waals surface area contributed by atoms with E-state index in [2.05, 4.69) is 11.8 Å². The number of rotatable bonds is 3. The Morgan fingerprint density at radius 3 is 2.61 bits per heavy atom. The highest BCUT2D eigenvalue weighted by Gasteiger charge is 2.22. The number of anilines is 1. The van der Waals surface area contributed by atoms with Gasteiger partial charge in [0.05, 0.1) is 11.3 Å². The lowest BCUT2D eigenvalue weighted by Crippen LogP contribution is -2.34. The summed E-state index contributed by atoms with van der Waals surface area (Å²) in [5, 5.41) is 0. The fraction of sp³-hybridized carbons (Fsp3) is 0.533. The summed E-state index contributed by atoms with van der Waals surface area (Å²) >= 11 is 0. The van der Waals surface area contributed by atoms with E-state index in [9.17, 15) is 9.18 Å². The van der Waals surface area contributed by atoms with Crippen LogP contribution in [0.1, 0.15) is 43.5 Å². The van der Waals surface area contributed by atoms with Gasteiger partial charge < -0.3 is 4.90 Å². The zero-order valence-corrected chi connectivity index (χ0v) is 11.1. The highest BCUT2D eigenvalue weighted by molar-refractivity contribution is 6.00. The third-order valence-electron chi connectivity index (χ3n) is 3.88. The molecule has 1 aromatic rings. The maximum atomic E-state index is 13.8. The van der Waals surface area contributed by atoms with Gasteiger partial charge in [0, 0.05) is 13.1 Å². The van der Waals surface area contributed by atoms with Crippen molar-refractivity contribution in [1.82, 2.24) is 0 Å². The van der Waals surface area contributed by atoms with Crippen LogP contribution >= 0.6 is 0 Å². The SMILES string of the molecule is CCC1CCN(c2cccc(F)c2C(C)=O)CC1. The Kier molecular flexibility index (Phi) is 4.00. The number of carbonyl (C=O) groups is 1. The maximum absolute atomic E-state index is 13.8. The molecule has 98 valence electrons. The number of halogens is 1. The van der Waals surface area contributed by atoms with Crippen LogP contribution in [-0.4, -0.2) is 18.9 Å². The van der Waals surface area contributed by atoms with Gasteiger partial charge in [-0.25, -0.2) is 4.39 Å². The molecule has 0 radical (unpaired) electrons. The first-order valence-corrected chi connectivity index (χ1v) is 6.68. The molecule has 0 N–H and O–H groups in total. The lowest BCUT2D eigenvalue weighted by Gasteiger charge is -2.34. The predicted octanol–water partition coefficient (Wildman–Crippen LogP) is 3.65. The summed E-state index contributed by atoms with van der Waals surface area (Å²) in [6, 6.07) is 4.90. The van der Waals surface area contributed by atoms with E-state index < -0.39 is 5.82 Å². The molecule has 2 rings (SSSR count). The molecule has 0 amide bonds. The minimum atomic E-state index is -0.405. The molecule has 1 aromatic carbocycles. The first-order chi connectivity index (χ1) is 8.63. The van der Waals surface area contributed by atoms with E-state index in [1.807, 2.05) is 6.07 Å². The Morgan fingerprint density at radius 1 is 1.39 bits per heavy atom. The van der Waals surface area contributed by atoms with Crippen molar-refractivity contribution in [2.24, 2.45) is 5.92 Å². The first kappa shape index (κ1) is 13.1.